The Bertz CT molecular complexity index is 462. The highest BCUT2D eigenvalue weighted by Crippen LogP contribution is 2.37. The number of fused-ring (bicyclic) bond motifs is 1. The zero-order valence-corrected chi connectivity index (χ0v) is 15.4. The highest BCUT2D eigenvalue weighted by atomic mass is 128. The van der Waals surface area contributed by atoms with Gasteiger partial charge in [-0.2, -0.15) is 0 Å². The van der Waals surface area contributed by atoms with Gasteiger partial charge in [0.25, 0.3) is 0 Å². The van der Waals surface area contributed by atoms with E-state index in [1.165, 1.54) is 39.2 Å². The summed E-state index contributed by atoms with van der Waals surface area (Å²) in [5.41, 5.74) is 9.73. The molecule has 1 heterocycles. The summed E-state index contributed by atoms with van der Waals surface area (Å²) in [6.07, 6.45) is 2.14. The van der Waals surface area contributed by atoms with Crippen LogP contribution < -0.4 is 0 Å². The Morgan fingerprint density at radius 1 is 0.941 bits per heavy atom. The Morgan fingerprint density at radius 2 is 1.47 bits per heavy atom. The summed E-state index contributed by atoms with van der Waals surface area (Å²) in [6.45, 7) is 11.0. The van der Waals surface area contributed by atoms with Gasteiger partial charge in [0.1, 0.15) is 0 Å². The molecule has 0 fully saturated rings. The zero-order chi connectivity index (χ0) is 13.2. The number of nitrogens with zero attached hydrogens (tertiary/aromatic N) is 1. The van der Waals surface area contributed by atoms with E-state index in [9.17, 15) is 0 Å². The van der Waals surface area contributed by atoms with Crippen LogP contribution in [0.5, 0.6) is 0 Å². The average Bonchev–Trinajstić information content (AvgIpc) is 2.80. The van der Waals surface area contributed by atoms with Crippen LogP contribution in [0.3, 0.4) is 0 Å². The molecule has 1 aliphatic heterocycles. The monoisotopic (exact) mass is 455 g/mol. The van der Waals surface area contributed by atoms with Crippen LogP contribution in [0, 0.1) is 27.7 Å². The van der Waals surface area contributed by atoms with Crippen molar-refractivity contribution < 1.29 is 0 Å². The molecule has 0 aromatic heterocycles. The highest BCUT2D eigenvalue weighted by Gasteiger charge is 2.20. The third-order valence-corrected chi connectivity index (χ3v) is 3.84. The Labute approximate surface area is 128 Å². The lowest BCUT2D eigenvalue weighted by molar-refractivity contribution is 1.16. The van der Waals surface area contributed by atoms with E-state index >= 15 is 0 Å². The maximum Gasteiger partial charge on any atom is 0.0699 e. The largest absolute Gasteiger partial charge is 0.257 e. The molecule has 2 rings (SSSR count). The molecule has 17 heavy (non-hydrogen) atoms. The summed E-state index contributed by atoms with van der Waals surface area (Å²) < 4.78 is 0. The van der Waals surface area contributed by atoms with Crippen molar-refractivity contribution in [1.82, 2.24) is 0 Å². The second-order valence-electron chi connectivity index (χ2n) is 4.54. The summed E-state index contributed by atoms with van der Waals surface area (Å²) in [5.74, 6) is 0. The van der Waals surface area contributed by atoms with Crippen molar-refractivity contribution >= 4 is 48.6 Å². The van der Waals surface area contributed by atoms with Crippen LogP contribution in [0.1, 0.15) is 41.2 Å². The van der Waals surface area contributed by atoms with Crippen LogP contribution in [-0.2, 0) is 6.42 Å². The highest BCUT2D eigenvalue weighted by molar-refractivity contribution is 15.0. The first-order chi connectivity index (χ1) is 8.06. The van der Waals surface area contributed by atoms with Crippen molar-refractivity contribution in [3.8, 4) is 0 Å². The predicted molar refractivity (Wildman–Crippen MR) is 94.5 cm³/mol. The van der Waals surface area contributed by atoms with Gasteiger partial charge in [-0.25, -0.2) is 0 Å². The molecule has 0 spiro atoms. The topological polar surface area (TPSA) is 12.4 Å². The third kappa shape index (κ3) is 2.85. The molecule has 0 amide bonds. The van der Waals surface area contributed by atoms with Crippen LogP contribution in [0.25, 0.3) is 0 Å². The standard InChI is InChI=1S/C14H19N.I2/c1-6-12-7-13-10(4)8(2)9(3)11(5)14(13)15-12;1-2/h6-7H2,1-5H3;. The van der Waals surface area contributed by atoms with Gasteiger partial charge in [0.05, 0.1) is 5.69 Å². The zero-order valence-electron chi connectivity index (χ0n) is 11.1. The normalized spacial score (nSPS) is 12.8. The summed E-state index contributed by atoms with van der Waals surface area (Å²) >= 11 is 4.24. The minimum Gasteiger partial charge on any atom is -0.257 e. The van der Waals surface area contributed by atoms with E-state index in [4.69, 9.17) is 4.99 Å². The van der Waals surface area contributed by atoms with Crippen molar-refractivity contribution in [1.29, 1.82) is 0 Å². The summed E-state index contributed by atoms with van der Waals surface area (Å²) in [4.78, 5) is 4.75. The molecule has 1 nitrogen and oxygen atoms in total. The lowest BCUT2D eigenvalue weighted by Crippen LogP contribution is -1.99. The van der Waals surface area contributed by atoms with Crippen LogP contribution >= 0.6 is 37.2 Å². The molecule has 0 radical (unpaired) electrons. The first-order valence-electron chi connectivity index (χ1n) is 5.86. The first kappa shape index (κ1) is 15.4. The quantitative estimate of drug-likeness (QED) is 0.480. The fraction of sp³-hybridized carbons (Fsp3) is 0.500. The van der Waals surface area contributed by atoms with Gasteiger partial charge < -0.3 is 0 Å². The number of halogens is 2. The van der Waals surface area contributed by atoms with Gasteiger partial charge in [0, 0.05) is 49.4 Å². The molecular weight excluding hydrogens is 436 g/mol. The lowest BCUT2D eigenvalue weighted by Gasteiger charge is -2.13. The smallest absolute Gasteiger partial charge is 0.0699 e. The summed E-state index contributed by atoms with van der Waals surface area (Å²) in [5, 5.41) is 0. The van der Waals surface area contributed by atoms with Crippen molar-refractivity contribution in [2.75, 3.05) is 0 Å². The third-order valence-electron chi connectivity index (χ3n) is 3.84. The van der Waals surface area contributed by atoms with Gasteiger partial charge in [0.2, 0.25) is 0 Å². The van der Waals surface area contributed by atoms with Gasteiger partial charge in [-0.3, -0.25) is 4.99 Å². The molecule has 1 aromatic carbocycles. The number of aliphatic imine (C=N–C) groups is 1. The predicted octanol–water partition coefficient (Wildman–Crippen LogP) is 5.73. The van der Waals surface area contributed by atoms with Crippen molar-refractivity contribution in [2.24, 2.45) is 4.99 Å². The molecule has 1 aliphatic rings. The fourth-order valence-electron chi connectivity index (χ4n) is 2.34. The van der Waals surface area contributed by atoms with Gasteiger partial charge >= 0.3 is 0 Å². The van der Waals surface area contributed by atoms with E-state index < -0.39 is 0 Å². The maximum absolute atomic E-state index is 4.75. The Hall–Kier alpha value is 0.350. The summed E-state index contributed by atoms with van der Waals surface area (Å²) in [6, 6.07) is 0. The van der Waals surface area contributed by atoms with Crippen LogP contribution in [0.2, 0.25) is 0 Å². The van der Waals surface area contributed by atoms with Gasteiger partial charge in [-0.15, -0.1) is 0 Å². The minimum absolute atomic E-state index is 1.07. The molecule has 0 N–H and O–H groups in total. The van der Waals surface area contributed by atoms with Crippen molar-refractivity contribution in [3.63, 3.8) is 0 Å². The van der Waals surface area contributed by atoms with E-state index in [1.807, 2.05) is 0 Å². The SMILES string of the molecule is CCC1=Nc2c(C)c(C)c(C)c(C)c2C1.II. The fourth-order valence-corrected chi connectivity index (χ4v) is 2.34. The minimum atomic E-state index is 1.07. The number of hydrogen-bond donors (Lipinski definition) is 0. The van der Waals surface area contributed by atoms with Gasteiger partial charge in [0.15, 0.2) is 0 Å². The Morgan fingerprint density at radius 3 is 2.00 bits per heavy atom. The van der Waals surface area contributed by atoms with E-state index in [0.717, 1.165) is 12.8 Å². The van der Waals surface area contributed by atoms with Gasteiger partial charge in [-0.1, -0.05) is 6.92 Å². The number of hydrogen-bond acceptors (Lipinski definition) is 1. The Balaban J connectivity index is 0.000000686. The number of benzene rings is 1. The molecule has 0 bridgehead atoms. The lowest BCUT2D eigenvalue weighted by atomic mass is 9.91. The van der Waals surface area contributed by atoms with Crippen molar-refractivity contribution in [2.45, 2.75) is 47.5 Å². The molecule has 94 valence electrons. The Kier molecular flexibility index (Phi) is 5.89. The number of rotatable bonds is 1. The average molecular weight is 455 g/mol. The van der Waals surface area contributed by atoms with E-state index in [1.54, 1.807) is 0 Å². The molecule has 0 unspecified atom stereocenters. The summed E-state index contributed by atoms with van der Waals surface area (Å²) in [7, 11) is 0. The first-order valence-corrected chi connectivity index (χ1v) is 12.1. The van der Waals surface area contributed by atoms with Crippen LogP contribution in [-0.4, -0.2) is 5.71 Å². The van der Waals surface area contributed by atoms with Crippen molar-refractivity contribution in [3.05, 3.63) is 27.8 Å². The molecule has 0 saturated carbocycles. The van der Waals surface area contributed by atoms with Crippen LogP contribution in [0.4, 0.5) is 5.69 Å². The molecular formula is C14H19I2N. The van der Waals surface area contributed by atoms with Crippen LogP contribution in [0.15, 0.2) is 4.99 Å². The molecule has 0 aliphatic carbocycles. The van der Waals surface area contributed by atoms with E-state index in [-0.39, 0.29) is 0 Å². The second-order valence-corrected chi connectivity index (χ2v) is 4.54. The molecule has 0 atom stereocenters. The van der Waals surface area contributed by atoms with E-state index in [0.29, 0.717) is 0 Å². The molecule has 3 heteroatoms. The van der Waals surface area contributed by atoms with E-state index in [2.05, 4.69) is 71.9 Å². The second kappa shape index (κ2) is 6.50. The molecule has 0 saturated heterocycles. The molecule has 1 aromatic rings. The maximum atomic E-state index is 4.75. The van der Waals surface area contributed by atoms with Gasteiger partial charge in [-0.05, 0) is 61.9 Å².